The van der Waals surface area contributed by atoms with E-state index in [4.69, 9.17) is 4.74 Å². The van der Waals surface area contributed by atoms with Crippen molar-refractivity contribution in [2.24, 2.45) is 0 Å². The van der Waals surface area contributed by atoms with Crippen LogP contribution < -0.4 is 4.46 Å². The van der Waals surface area contributed by atoms with Crippen LogP contribution in [0.1, 0.15) is 67.6 Å². The zero-order valence-electron chi connectivity index (χ0n) is 17.1. The summed E-state index contributed by atoms with van der Waals surface area (Å²) in [5.41, 5.74) is 3.78. The number of hydrogen-bond acceptors (Lipinski definition) is 3. The van der Waals surface area contributed by atoms with Crippen molar-refractivity contribution >= 4 is 25.4 Å². The third-order valence-corrected chi connectivity index (χ3v) is 6.96. The van der Waals surface area contributed by atoms with Crippen molar-refractivity contribution in [3.05, 3.63) is 58.7 Å². The summed E-state index contributed by atoms with van der Waals surface area (Å²) in [6, 6.07) is 11.2. The molecule has 1 aliphatic carbocycles. The summed E-state index contributed by atoms with van der Waals surface area (Å²) >= 11 is -0.0643. The van der Waals surface area contributed by atoms with Gasteiger partial charge >= 0.3 is 174 Å². The Labute approximate surface area is 173 Å². The van der Waals surface area contributed by atoms with Gasteiger partial charge in [0.2, 0.25) is 0 Å². The van der Waals surface area contributed by atoms with Crippen molar-refractivity contribution in [2.75, 3.05) is 7.11 Å². The normalized spacial score (nSPS) is 16.5. The Hall–Kier alpha value is -2.21. The van der Waals surface area contributed by atoms with E-state index in [9.17, 15) is 9.90 Å². The molecule has 2 aromatic carbocycles. The van der Waals surface area contributed by atoms with Crippen molar-refractivity contribution in [1.82, 2.24) is 0 Å². The molecular formula is C24H26O3Se. The quantitative estimate of drug-likeness (QED) is 0.437. The minimum atomic E-state index is -0.348. The van der Waals surface area contributed by atoms with E-state index < -0.39 is 0 Å². The Kier molecular flexibility index (Phi) is 5.62. The molecule has 0 saturated carbocycles. The van der Waals surface area contributed by atoms with Gasteiger partial charge in [0.15, 0.2) is 0 Å². The summed E-state index contributed by atoms with van der Waals surface area (Å²) in [5, 5.41) is 10.7. The molecule has 0 amide bonds. The molecule has 0 spiro atoms. The van der Waals surface area contributed by atoms with Crippen molar-refractivity contribution in [1.29, 1.82) is 0 Å². The topological polar surface area (TPSA) is 46.5 Å². The fourth-order valence-corrected chi connectivity index (χ4v) is 5.07. The van der Waals surface area contributed by atoms with E-state index in [0.29, 0.717) is 11.3 Å². The maximum atomic E-state index is 11.5. The van der Waals surface area contributed by atoms with Crippen molar-refractivity contribution in [3.8, 4) is 16.5 Å². The van der Waals surface area contributed by atoms with Gasteiger partial charge in [-0.15, -0.1) is 0 Å². The monoisotopic (exact) mass is 442 g/mol. The number of aromatic hydroxyl groups is 1. The second-order valence-electron chi connectivity index (χ2n) is 8.53. The number of phenols is 1. The van der Waals surface area contributed by atoms with Gasteiger partial charge in [-0.25, -0.2) is 0 Å². The molecule has 3 rings (SSSR count). The van der Waals surface area contributed by atoms with Gasteiger partial charge in [-0.05, 0) is 0 Å². The molecule has 0 unspecified atom stereocenters. The zero-order valence-corrected chi connectivity index (χ0v) is 18.8. The van der Waals surface area contributed by atoms with Crippen LogP contribution in [0.15, 0.2) is 36.4 Å². The Morgan fingerprint density at radius 2 is 1.71 bits per heavy atom. The van der Waals surface area contributed by atoms with E-state index in [1.54, 1.807) is 12.1 Å². The summed E-state index contributed by atoms with van der Waals surface area (Å²) in [6.07, 6.45) is 2.19. The Morgan fingerprint density at radius 1 is 1.07 bits per heavy atom. The predicted octanol–water partition coefficient (Wildman–Crippen LogP) is 3.87. The Bertz CT molecular complexity index is 960. The van der Waals surface area contributed by atoms with Gasteiger partial charge < -0.3 is 0 Å². The first-order valence-electron chi connectivity index (χ1n) is 9.38. The van der Waals surface area contributed by atoms with Crippen LogP contribution >= 0.6 is 0 Å². The first-order valence-corrected chi connectivity index (χ1v) is 11.1. The van der Waals surface area contributed by atoms with E-state index >= 15 is 0 Å². The van der Waals surface area contributed by atoms with Crippen LogP contribution in [0.3, 0.4) is 0 Å². The van der Waals surface area contributed by atoms with Gasteiger partial charge in [-0.1, -0.05) is 0 Å². The molecule has 0 bridgehead atoms. The second kappa shape index (κ2) is 7.66. The number of hydrogen-bond donors (Lipinski definition) is 1. The van der Waals surface area contributed by atoms with Crippen LogP contribution in [-0.4, -0.2) is 33.1 Å². The molecule has 0 saturated heterocycles. The number of methoxy groups -OCH3 is 1. The molecule has 28 heavy (non-hydrogen) atoms. The molecule has 0 aromatic heterocycles. The minimum absolute atomic E-state index is 0.00642. The van der Waals surface area contributed by atoms with Crippen LogP contribution in [0.25, 0.3) is 0 Å². The molecule has 1 aliphatic rings. The maximum absolute atomic E-state index is 11.5. The van der Waals surface area contributed by atoms with Crippen molar-refractivity contribution < 1.29 is 14.6 Å². The van der Waals surface area contributed by atoms with Crippen LogP contribution in [0.5, 0.6) is 5.75 Å². The molecular weight excluding hydrogens is 415 g/mol. The first kappa shape index (κ1) is 20.5. The van der Waals surface area contributed by atoms with Gasteiger partial charge in [0.05, 0.1) is 0 Å². The molecule has 1 N–H and O–H groups in total. The Balaban J connectivity index is 1.84. The number of carbonyl (C=O) groups is 1. The van der Waals surface area contributed by atoms with Gasteiger partial charge in [0, 0.05) is 0 Å². The number of fused-ring (bicyclic) bond motifs is 1. The predicted molar refractivity (Wildman–Crippen MR) is 113 cm³/mol. The van der Waals surface area contributed by atoms with Crippen molar-refractivity contribution in [3.63, 3.8) is 0 Å². The van der Waals surface area contributed by atoms with Gasteiger partial charge in [0.25, 0.3) is 0 Å². The molecule has 2 aromatic rings. The molecule has 146 valence electrons. The summed E-state index contributed by atoms with van der Waals surface area (Å²) in [7, 11) is 1.37. The molecule has 0 fully saturated rings. The average molecular weight is 441 g/mol. The van der Waals surface area contributed by atoms with E-state index in [0.717, 1.165) is 28.4 Å². The summed E-state index contributed by atoms with van der Waals surface area (Å²) in [4.78, 5) is 14.7. The number of esters is 1. The number of ether oxygens (including phenoxy) is 1. The van der Waals surface area contributed by atoms with E-state index in [1.165, 1.54) is 12.7 Å². The first-order chi connectivity index (χ1) is 13.1. The fourth-order valence-electron chi connectivity index (χ4n) is 3.74. The number of phenolic OH excluding ortho intramolecular Hbond substituents is 1. The van der Waals surface area contributed by atoms with Gasteiger partial charge in [-0.2, -0.15) is 0 Å². The van der Waals surface area contributed by atoms with E-state index in [1.807, 2.05) is 18.2 Å². The standard InChI is InChI=1S/C24H26O3Se/c1-23(2)11-12-24(3,4)21-19(23)14-18(15-20(21)25)28-13-10-16-6-8-17(9-7-16)22(26)27-5/h6-9,14-15,25H,11-12H2,1-5H3. The van der Waals surface area contributed by atoms with Crippen molar-refractivity contribution in [2.45, 2.75) is 51.4 Å². The molecule has 0 radical (unpaired) electrons. The summed E-state index contributed by atoms with van der Waals surface area (Å²) in [5.74, 6) is 3.21. The average Bonchev–Trinajstić information content (AvgIpc) is 2.65. The molecule has 0 aliphatic heterocycles. The Morgan fingerprint density at radius 3 is 2.36 bits per heavy atom. The summed E-state index contributed by atoms with van der Waals surface area (Å²) < 4.78 is 5.80. The molecule has 4 heteroatoms. The summed E-state index contributed by atoms with van der Waals surface area (Å²) in [6.45, 7) is 8.93. The fraction of sp³-hybridized carbons (Fsp3) is 0.375. The van der Waals surface area contributed by atoms with Gasteiger partial charge in [-0.3, -0.25) is 0 Å². The third kappa shape index (κ3) is 4.12. The van der Waals surface area contributed by atoms with Gasteiger partial charge in [0.1, 0.15) is 0 Å². The molecule has 0 heterocycles. The van der Waals surface area contributed by atoms with E-state index in [2.05, 4.69) is 44.5 Å². The number of rotatable bonds is 2. The van der Waals surface area contributed by atoms with Crippen LogP contribution in [0, 0.1) is 10.7 Å². The van der Waals surface area contributed by atoms with Crippen LogP contribution in [0.4, 0.5) is 0 Å². The zero-order chi connectivity index (χ0) is 20.5. The van der Waals surface area contributed by atoms with Crippen LogP contribution in [0.2, 0.25) is 0 Å². The second-order valence-corrected chi connectivity index (χ2v) is 10.4. The number of carbonyl (C=O) groups excluding carboxylic acids is 1. The van der Waals surface area contributed by atoms with Crippen LogP contribution in [-0.2, 0) is 15.6 Å². The third-order valence-electron chi connectivity index (χ3n) is 5.54. The SMILES string of the molecule is COC(=O)c1ccc(C#C[Se]c2cc(O)c3c(c2)C(C)(C)CCC3(C)C)cc1. The molecule has 3 nitrogen and oxygen atoms in total. The van der Waals surface area contributed by atoms with E-state index in [-0.39, 0.29) is 31.8 Å². The molecule has 0 atom stereocenters. The number of benzene rings is 2.